The number of carbonyl (C=O) groups is 3. The lowest BCUT2D eigenvalue weighted by Crippen LogP contribution is -2.62. The molecule has 1 amide bonds. The Kier molecular flexibility index (Phi) is 16.5. The van der Waals surface area contributed by atoms with Crippen molar-refractivity contribution in [2.75, 3.05) is 0 Å². The molecule has 4 fully saturated rings. The minimum Gasteiger partial charge on any atom is -0.480 e. The van der Waals surface area contributed by atoms with Gasteiger partial charge in [0.1, 0.15) is 6.04 Å². The Balaban J connectivity index is 0.00000104. The van der Waals surface area contributed by atoms with Crippen LogP contribution in [0.3, 0.4) is 0 Å². The predicted molar refractivity (Wildman–Crippen MR) is 223 cm³/mol. The van der Waals surface area contributed by atoms with Gasteiger partial charge in [0.05, 0.1) is 11.0 Å². The van der Waals surface area contributed by atoms with E-state index >= 15 is 0 Å². The first-order valence-corrected chi connectivity index (χ1v) is 20.4. The largest absolute Gasteiger partial charge is 0.480 e. The lowest BCUT2D eigenvalue weighted by atomic mass is 9.36. The summed E-state index contributed by atoms with van der Waals surface area (Å²) in [5.41, 5.74) is 2.84. The van der Waals surface area contributed by atoms with Crippen LogP contribution in [-0.2, 0) is 9.59 Å². The van der Waals surface area contributed by atoms with E-state index in [-0.39, 0.29) is 28.1 Å². The van der Waals surface area contributed by atoms with Crippen LogP contribution >= 0.6 is 0 Å². The summed E-state index contributed by atoms with van der Waals surface area (Å²) in [5, 5.41) is 22.3. The molecule has 1 aromatic carbocycles. The van der Waals surface area contributed by atoms with Crippen molar-refractivity contribution in [2.45, 2.75) is 139 Å². The SMILES string of the molecule is C#C.C#C.C=CC.CC.CC(C)C[C@H](NC(=O)[C@]12CCCC1[C@H]1CCC3[C@@](C)(CCC4C(C)(C)C(c5ccc(C(=O)O)cc5)=CC[C@@]43C)C1CC2)C(=O)O. The summed E-state index contributed by atoms with van der Waals surface area (Å²) in [6.45, 7) is 23.3. The van der Waals surface area contributed by atoms with Gasteiger partial charge in [-0.15, -0.1) is 32.3 Å². The molecular weight excluding hydrogens is 671 g/mol. The van der Waals surface area contributed by atoms with Gasteiger partial charge < -0.3 is 15.5 Å². The molecule has 0 aromatic heterocycles. The monoisotopic (exact) mass is 742 g/mol. The van der Waals surface area contributed by atoms with Crippen molar-refractivity contribution in [1.29, 1.82) is 0 Å². The molecule has 0 radical (unpaired) electrons. The topological polar surface area (TPSA) is 104 Å². The smallest absolute Gasteiger partial charge is 0.335 e. The molecule has 6 nitrogen and oxygen atoms in total. The Bertz CT molecular complexity index is 1510. The highest BCUT2D eigenvalue weighted by atomic mass is 16.4. The minimum atomic E-state index is -0.917. The number of fused-ring (bicyclic) bond motifs is 7. The molecular formula is C48H71NO5. The zero-order valence-corrected chi connectivity index (χ0v) is 34.9. The van der Waals surface area contributed by atoms with Crippen LogP contribution in [0.2, 0.25) is 0 Å². The maximum atomic E-state index is 14.0. The average molecular weight is 742 g/mol. The van der Waals surface area contributed by atoms with Gasteiger partial charge in [0.25, 0.3) is 0 Å². The Morgan fingerprint density at radius 1 is 0.852 bits per heavy atom. The number of hydrogen-bond acceptors (Lipinski definition) is 3. The fraction of sp³-hybridized carbons (Fsp3) is 0.646. The molecule has 5 aliphatic rings. The second kappa shape index (κ2) is 19.2. The first-order chi connectivity index (χ1) is 25.6. The van der Waals surface area contributed by atoms with Crippen LogP contribution in [0.1, 0.15) is 149 Å². The molecule has 1 aromatic rings. The van der Waals surface area contributed by atoms with E-state index in [0.29, 0.717) is 41.6 Å². The third kappa shape index (κ3) is 8.54. The number of terminal acetylenes is 2. The maximum absolute atomic E-state index is 14.0. The summed E-state index contributed by atoms with van der Waals surface area (Å²) in [7, 11) is 0. The molecule has 4 unspecified atom stereocenters. The summed E-state index contributed by atoms with van der Waals surface area (Å²) in [4.78, 5) is 37.6. The molecule has 0 aliphatic heterocycles. The molecule has 54 heavy (non-hydrogen) atoms. The Morgan fingerprint density at radius 3 is 1.98 bits per heavy atom. The lowest BCUT2D eigenvalue weighted by Gasteiger charge is -2.68. The van der Waals surface area contributed by atoms with Crippen molar-refractivity contribution in [3.63, 3.8) is 0 Å². The van der Waals surface area contributed by atoms with Crippen LogP contribution in [0.15, 0.2) is 43.0 Å². The molecule has 0 bridgehead atoms. The predicted octanol–water partition coefficient (Wildman–Crippen LogP) is 11.2. The molecule has 6 heteroatoms. The molecule has 4 saturated carbocycles. The van der Waals surface area contributed by atoms with Crippen molar-refractivity contribution >= 4 is 23.4 Å². The van der Waals surface area contributed by atoms with E-state index in [1.165, 1.54) is 31.3 Å². The number of allylic oxidation sites excluding steroid dienone is 3. The van der Waals surface area contributed by atoms with Gasteiger partial charge in [0.2, 0.25) is 5.91 Å². The normalized spacial score (nSPS) is 32.9. The summed E-state index contributed by atoms with van der Waals surface area (Å²) in [6, 6.07) is 6.65. The van der Waals surface area contributed by atoms with Crippen molar-refractivity contribution in [2.24, 2.45) is 57.2 Å². The molecule has 0 heterocycles. The van der Waals surface area contributed by atoms with E-state index in [4.69, 9.17) is 0 Å². The van der Waals surface area contributed by atoms with Crippen LogP contribution in [-0.4, -0.2) is 34.1 Å². The van der Waals surface area contributed by atoms with Gasteiger partial charge in [0.15, 0.2) is 0 Å². The summed E-state index contributed by atoms with van der Waals surface area (Å²) < 4.78 is 0. The van der Waals surface area contributed by atoms with E-state index in [2.05, 4.69) is 71.4 Å². The second-order valence-corrected chi connectivity index (χ2v) is 17.5. The summed E-state index contributed by atoms with van der Waals surface area (Å²) >= 11 is 0. The Morgan fingerprint density at radius 2 is 1.44 bits per heavy atom. The third-order valence-electron chi connectivity index (χ3n) is 14.3. The number of nitrogens with one attached hydrogen (secondary N) is 1. The van der Waals surface area contributed by atoms with E-state index < -0.39 is 23.4 Å². The number of aliphatic carboxylic acids is 1. The number of aromatic carboxylic acids is 1. The van der Waals surface area contributed by atoms with Gasteiger partial charge in [0, 0.05) is 0 Å². The fourth-order valence-electron chi connectivity index (χ4n) is 12.5. The molecule has 5 aliphatic carbocycles. The molecule has 298 valence electrons. The Hall–Kier alpha value is -3.77. The van der Waals surface area contributed by atoms with E-state index in [1.807, 2.05) is 46.8 Å². The molecule has 0 spiro atoms. The Labute approximate surface area is 328 Å². The quantitative estimate of drug-likeness (QED) is 0.191. The zero-order chi connectivity index (χ0) is 41.2. The summed E-state index contributed by atoms with van der Waals surface area (Å²) in [5.74, 6) is 1.10. The second-order valence-electron chi connectivity index (χ2n) is 17.5. The standard InChI is InChI=1S/C39H55NO5.C3H6.C2H6.2C2H2/c1-23(2)22-30(34(43)44)40-35(45)39-18-7-8-29(39)26-13-14-32-37(5,28(26)16-21-39)20-17-31-36(3,4)27(15-19-38(31,32)6)24-9-11-25(12-10-24)33(41)42;1-3-2;3*1-2/h9-12,15,23,26,28-32H,7-8,13-14,16-22H2,1-6H3,(H,40,45)(H,41,42)(H,43,44);3H,1H2,2H3;1-2H3;2*1-2H/t26-,28?,29?,30-,31?,32?,37-,38-,39-;;;;/m0..../s1. The summed E-state index contributed by atoms with van der Waals surface area (Å²) in [6.07, 6.45) is 31.6. The van der Waals surface area contributed by atoms with E-state index in [1.54, 1.807) is 18.2 Å². The number of carboxylic acids is 2. The number of carboxylic acid groups (broad SMARTS) is 2. The van der Waals surface area contributed by atoms with E-state index in [0.717, 1.165) is 44.1 Å². The first kappa shape index (κ1) is 46.4. The van der Waals surface area contributed by atoms with Crippen LogP contribution in [0.4, 0.5) is 0 Å². The van der Waals surface area contributed by atoms with E-state index in [9.17, 15) is 24.6 Å². The first-order valence-electron chi connectivity index (χ1n) is 20.4. The van der Waals surface area contributed by atoms with Crippen molar-refractivity contribution < 1.29 is 24.6 Å². The van der Waals surface area contributed by atoms with Gasteiger partial charge in [-0.2, -0.15) is 0 Å². The number of rotatable bonds is 7. The number of hydrogen-bond donors (Lipinski definition) is 3. The number of carbonyl (C=O) groups excluding carboxylic acids is 1. The minimum absolute atomic E-state index is 0.0160. The third-order valence-corrected chi connectivity index (χ3v) is 14.3. The molecule has 0 saturated heterocycles. The van der Waals surface area contributed by atoms with Crippen molar-refractivity contribution in [1.82, 2.24) is 5.32 Å². The fourth-order valence-corrected chi connectivity index (χ4v) is 12.5. The van der Waals surface area contributed by atoms with Crippen LogP contribution in [0.25, 0.3) is 5.57 Å². The van der Waals surface area contributed by atoms with Gasteiger partial charge in [-0.3, -0.25) is 4.79 Å². The van der Waals surface area contributed by atoms with Gasteiger partial charge in [-0.1, -0.05) is 86.1 Å². The number of amides is 1. The highest BCUT2D eigenvalue weighted by Crippen LogP contribution is 2.73. The van der Waals surface area contributed by atoms with Crippen LogP contribution in [0.5, 0.6) is 0 Å². The van der Waals surface area contributed by atoms with Crippen LogP contribution in [0, 0.1) is 82.9 Å². The van der Waals surface area contributed by atoms with Gasteiger partial charge >= 0.3 is 11.9 Å². The highest BCUT2D eigenvalue weighted by Gasteiger charge is 2.66. The maximum Gasteiger partial charge on any atom is 0.335 e. The van der Waals surface area contributed by atoms with Gasteiger partial charge in [-0.25, -0.2) is 9.59 Å². The molecule has 9 atom stereocenters. The average Bonchev–Trinajstić information content (AvgIpc) is 3.60. The van der Waals surface area contributed by atoms with Crippen LogP contribution < -0.4 is 5.32 Å². The highest BCUT2D eigenvalue weighted by molar-refractivity contribution is 5.89. The lowest BCUT2D eigenvalue weighted by molar-refractivity contribution is -0.182. The molecule has 6 rings (SSSR count). The van der Waals surface area contributed by atoms with Crippen molar-refractivity contribution in [3.8, 4) is 25.7 Å². The number of benzene rings is 1. The van der Waals surface area contributed by atoms with Gasteiger partial charge in [-0.05, 0) is 146 Å². The zero-order valence-electron chi connectivity index (χ0n) is 34.9. The molecule has 3 N–H and O–H groups in total. The van der Waals surface area contributed by atoms with Crippen molar-refractivity contribution in [3.05, 3.63) is 54.1 Å².